The molecular formula is C9H18N2O4S. The fraction of sp³-hybridized carbons (Fsp3) is 0.889. The van der Waals surface area contributed by atoms with Crippen molar-refractivity contribution in [1.82, 2.24) is 9.03 Å². The van der Waals surface area contributed by atoms with Crippen molar-refractivity contribution in [2.45, 2.75) is 26.2 Å². The van der Waals surface area contributed by atoms with Crippen LogP contribution >= 0.6 is 0 Å². The molecule has 94 valence electrons. The summed E-state index contributed by atoms with van der Waals surface area (Å²) in [6, 6.07) is 0. The number of hydrogen-bond acceptors (Lipinski definition) is 3. The molecule has 0 saturated carbocycles. The zero-order chi connectivity index (χ0) is 12.2. The number of carboxylic acid groups (broad SMARTS) is 1. The molecule has 0 aromatic carbocycles. The number of carboxylic acids is 1. The Labute approximate surface area is 95.8 Å². The molecule has 0 radical (unpaired) electrons. The normalized spacial score (nSPS) is 22.4. The summed E-state index contributed by atoms with van der Waals surface area (Å²) < 4.78 is 27.2. The predicted molar refractivity (Wildman–Crippen MR) is 59.1 cm³/mol. The van der Waals surface area contributed by atoms with Crippen molar-refractivity contribution >= 4 is 16.2 Å². The van der Waals surface area contributed by atoms with Crippen LogP contribution in [0.5, 0.6) is 0 Å². The van der Waals surface area contributed by atoms with Crippen LogP contribution in [0.4, 0.5) is 0 Å². The summed E-state index contributed by atoms with van der Waals surface area (Å²) in [6.45, 7) is 3.29. The van der Waals surface area contributed by atoms with Crippen molar-refractivity contribution in [3.8, 4) is 0 Å². The minimum atomic E-state index is -3.40. The van der Waals surface area contributed by atoms with Crippen LogP contribution in [0.2, 0.25) is 0 Å². The van der Waals surface area contributed by atoms with Gasteiger partial charge in [-0.05, 0) is 18.8 Å². The molecule has 1 saturated heterocycles. The van der Waals surface area contributed by atoms with Gasteiger partial charge in [-0.1, -0.05) is 6.92 Å². The van der Waals surface area contributed by atoms with Gasteiger partial charge in [0.05, 0.1) is 0 Å². The maximum Gasteiger partial charge on any atom is 0.303 e. The molecule has 1 unspecified atom stereocenters. The molecule has 0 aromatic heterocycles. The minimum Gasteiger partial charge on any atom is -0.481 e. The van der Waals surface area contributed by atoms with Gasteiger partial charge in [0.1, 0.15) is 0 Å². The van der Waals surface area contributed by atoms with Crippen molar-refractivity contribution in [3.05, 3.63) is 0 Å². The second-order valence-electron chi connectivity index (χ2n) is 4.15. The highest BCUT2D eigenvalue weighted by molar-refractivity contribution is 7.87. The van der Waals surface area contributed by atoms with E-state index in [1.54, 1.807) is 0 Å². The number of hydrogen-bond donors (Lipinski definition) is 2. The molecule has 0 spiro atoms. The van der Waals surface area contributed by atoms with Crippen molar-refractivity contribution in [2.75, 3.05) is 19.6 Å². The van der Waals surface area contributed by atoms with Crippen LogP contribution in [0.3, 0.4) is 0 Å². The third-order valence-corrected chi connectivity index (χ3v) is 4.16. The molecule has 0 amide bonds. The van der Waals surface area contributed by atoms with E-state index in [0.29, 0.717) is 25.4 Å². The van der Waals surface area contributed by atoms with E-state index in [1.807, 2.05) is 6.92 Å². The Balaban J connectivity index is 2.32. The lowest BCUT2D eigenvalue weighted by Crippen LogP contribution is -2.39. The van der Waals surface area contributed by atoms with Crippen molar-refractivity contribution in [3.63, 3.8) is 0 Å². The van der Waals surface area contributed by atoms with E-state index >= 15 is 0 Å². The molecular weight excluding hydrogens is 232 g/mol. The second-order valence-corrected chi connectivity index (χ2v) is 5.90. The van der Waals surface area contributed by atoms with Crippen LogP contribution in [0.1, 0.15) is 26.2 Å². The Hall–Kier alpha value is -0.660. The molecule has 2 N–H and O–H groups in total. The first kappa shape index (κ1) is 13.4. The number of rotatable bonds is 6. The lowest BCUT2D eigenvalue weighted by molar-refractivity contribution is -0.137. The third kappa shape index (κ3) is 4.07. The predicted octanol–water partition coefficient (Wildman–Crippen LogP) is 0.0274. The van der Waals surface area contributed by atoms with E-state index in [0.717, 1.165) is 6.42 Å². The summed E-state index contributed by atoms with van der Waals surface area (Å²) in [5.74, 6) is -0.510. The number of nitrogens with zero attached hydrogens (tertiary/aromatic N) is 1. The van der Waals surface area contributed by atoms with Gasteiger partial charge in [0, 0.05) is 26.1 Å². The molecule has 1 aliphatic rings. The molecule has 0 aromatic rings. The van der Waals surface area contributed by atoms with E-state index in [9.17, 15) is 13.2 Å². The van der Waals surface area contributed by atoms with Crippen LogP contribution in [-0.2, 0) is 15.0 Å². The topological polar surface area (TPSA) is 86.7 Å². The van der Waals surface area contributed by atoms with Crippen LogP contribution < -0.4 is 4.72 Å². The molecule has 0 bridgehead atoms. The molecule has 1 fully saturated rings. The first-order chi connectivity index (χ1) is 7.42. The minimum absolute atomic E-state index is 0.0150. The summed E-state index contributed by atoms with van der Waals surface area (Å²) >= 11 is 0. The molecule has 1 atom stereocenters. The van der Waals surface area contributed by atoms with Gasteiger partial charge in [-0.25, -0.2) is 4.72 Å². The van der Waals surface area contributed by atoms with Crippen molar-refractivity contribution < 1.29 is 18.3 Å². The van der Waals surface area contributed by atoms with Gasteiger partial charge in [0.15, 0.2) is 0 Å². The SMILES string of the molecule is CC1CCN(S(=O)(=O)NCCCC(=O)O)C1. The Morgan fingerprint density at radius 2 is 2.25 bits per heavy atom. The van der Waals surface area contributed by atoms with Gasteiger partial charge in [-0.3, -0.25) is 4.79 Å². The maximum absolute atomic E-state index is 11.7. The molecule has 1 rings (SSSR count). The summed E-state index contributed by atoms with van der Waals surface area (Å²) in [7, 11) is -3.40. The molecule has 0 aliphatic carbocycles. The molecule has 1 aliphatic heterocycles. The quantitative estimate of drug-likeness (QED) is 0.651. The number of nitrogens with one attached hydrogen (secondary N) is 1. The largest absolute Gasteiger partial charge is 0.481 e. The molecule has 6 nitrogen and oxygen atoms in total. The zero-order valence-corrected chi connectivity index (χ0v) is 10.2. The average Bonchev–Trinajstić information content (AvgIpc) is 2.60. The highest BCUT2D eigenvalue weighted by atomic mass is 32.2. The van der Waals surface area contributed by atoms with E-state index < -0.39 is 16.2 Å². The highest BCUT2D eigenvalue weighted by Gasteiger charge is 2.28. The van der Waals surface area contributed by atoms with Gasteiger partial charge < -0.3 is 5.11 Å². The highest BCUT2D eigenvalue weighted by Crippen LogP contribution is 2.17. The molecule has 16 heavy (non-hydrogen) atoms. The summed E-state index contributed by atoms with van der Waals surface area (Å²) in [6.07, 6.45) is 1.19. The van der Waals surface area contributed by atoms with Crippen LogP contribution in [-0.4, -0.2) is 43.4 Å². The Bertz CT molecular complexity index is 341. The maximum atomic E-state index is 11.7. The van der Waals surface area contributed by atoms with E-state index in [4.69, 9.17) is 5.11 Å². The Morgan fingerprint density at radius 3 is 2.75 bits per heavy atom. The van der Waals surface area contributed by atoms with E-state index in [2.05, 4.69) is 4.72 Å². The van der Waals surface area contributed by atoms with Crippen LogP contribution in [0.15, 0.2) is 0 Å². The second kappa shape index (κ2) is 5.60. The first-order valence-corrected chi connectivity index (χ1v) is 6.82. The fourth-order valence-electron chi connectivity index (χ4n) is 1.64. The smallest absolute Gasteiger partial charge is 0.303 e. The average molecular weight is 250 g/mol. The van der Waals surface area contributed by atoms with Crippen LogP contribution in [0.25, 0.3) is 0 Å². The van der Waals surface area contributed by atoms with E-state index in [-0.39, 0.29) is 13.0 Å². The van der Waals surface area contributed by atoms with Gasteiger partial charge in [0.25, 0.3) is 10.2 Å². The number of carbonyl (C=O) groups is 1. The Kier molecular flexibility index (Phi) is 4.69. The van der Waals surface area contributed by atoms with Gasteiger partial charge >= 0.3 is 5.97 Å². The van der Waals surface area contributed by atoms with Gasteiger partial charge in [0.2, 0.25) is 0 Å². The van der Waals surface area contributed by atoms with E-state index in [1.165, 1.54) is 4.31 Å². The fourth-order valence-corrected chi connectivity index (χ4v) is 3.03. The van der Waals surface area contributed by atoms with Gasteiger partial charge in [-0.15, -0.1) is 0 Å². The Morgan fingerprint density at radius 1 is 1.56 bits per heavy atom. The monoisotopic (exact) mass is 250 g/mol. The molecule has 1 heterocycles. The lowest BCUT2D eigenvalue weighted by atomic mass is 10.2. The summed E-state index contributed by atoms with van der Waals surface area (Å²) in [5, 5.41) is 8.40. The zero-order valence-electron chi connectivity index (χ0n) is 9.35. The van der Waals surface area contributed by atoms with Crippen LogP contribution in [0, 0.1) is 5.92 Å². The first-order valence-electron chi connectivity index (χ1n) is 5.38. The number of aliphatic carboxylic acids is 1. The van der Waals surface area contributed by atoms with Gasteiger partial charge in [-0.2, -0.15) is 12.7 Å². The summed E-state index contributed by atoms with van der Waals surface area (Å²) in [4.78, 5) is 10.2. The standard InChI is InChI=1S/C9H18N2O4S/c1-8-4-6-11(7-8)16(14,15)10-5-2-3-9(12)13/h8,10H,2-7H2,1H3,(H,12,13). The van der Waals surface area contributed by atoms with Crippen molar-refractivity contribution in [1.29, 1.82) is 0 Å². The van der Waals surface area contributed by atoms with Crippen molar-refractivity contribution in [2.24, 2.45) is 5.92 Å². The summed E-state index contributed by atoms with van der Waals surface area (Å²) in [5.41, 5.74) is 0. The molecule has 7 heteroatoms. The third-order valence-electron chi connectivity index (χ3n) is 2.58. The lowest BCUT2D eigenvalue weighted by Gasteiger charge is -2.16.